The molecule has 3 aromatic heterocycles. The van der Waals surface area contributed by atoms with Crippen molar-refractivity contribution in [2.45, 2.75) is 0 Å². The fraction of sp³-hybridized carbons (Fsp3) is 0. The molecule has 0 N–H and O–H groups in total. The van der Waals surface area contributed by atoms with Crippen LogP contribution in [0.2, 0.25) is 0 Å². The van der Waals surface area contributed by atoms with Crippen LogP contribution >= 0.6 is 0 Å². The van der Waals surface area contributed by atoms with Crippen molar-refractivity contribution in [3.63, 3.8) is 0 Å². The highest BCUT2D eigenvalue weighted by Crippen LogP contribution is 2.41. The van der Waals surface area contributed by atoms with E-state index in [0.717, 1.165) is 0 Å². The van der Waals surface area contributed by atoms with E-state index in [1.165, 1.54) is 0 Å². The third kappa shape index (κ3) is 6.74. The Kier molecular flexibility index (Phi) is 3.94. The molecule has 15 rings (SSSR count). The molecule has 0 spiro atoms. The first kappa shape index (κ1) is 16.9. The molecular formula is C72H49N3Si. The van der Waals surface area contributed by atoms with Gasteiger partial charge < -0.3 is 13.7 Å². The largest absolute Gasteiger partial charge is 0.309 e. The van der Waals surface area contributed by atoms with Gasteiger partial charge in [0.1, 0.15) is 0 Å². The summed E-state index contributed by atoms with van der Waals surface area (Å²) in [5, 5.41) is -11.1. The van der Waals surface area contributed by atoms with Gasteiger partial charge in [0.2, 0.25) is 0 Å². The van der Waals surface area contributed by atoms with E-state index in [1.54, 1.807) is 0 Å². The molecule has 0 aliphatic carbocycles. The van der Waals surface area contributed by atoms with Crippen LogP contribution in [0.15, 0.2) is 296 Å². The molecular weight excluding hydrogens is 935 g/mol. The Bertz CT molecular complexity index is 7430. The van der Waals surface area contributed by atoms with E-state index in [2.05, 4.69) is 0 Å². The third-order valence-corrected chi connectivity index (χ3v) is 16.4. The molecule has 0 radical (unpaired) electrons. The molecule has 0 saturated heterocycles. The lowest BCUT2D eigenvalue weighted by Crippen LogP contribution is -2.74. The van der Waals surface area contributed by atoms with E-state index in [9.17, 15) is 38.4 Å². The molecule has 356 valence electrons. The van der Waals surface area contributed by atoms with Crippen LogP contribution in [0.3, 0.4) is 0 Å². The number of nitrogens with zero attached hydrogens (tertiary/aromatic N) is 3. The summed E-state index contributed by atoms with van der Waals surface area (Å²) in [5.41, 5.74) is -13.9. The lowest BCUT2D eigenvalue weighted by Gasteiger charge is -2.34. The number of fused-ring (bicyclic) bond motifs is 9. The maximum absolute atomic E-state index is 11.0. The molecule has 0 bridgehead atoms. The standard InChI is InChI=1S/C72H49N3Si/c1-5-22-50(23-6-1)51-24-21-25-53(46-51)73-68-38-19-16-35-62(68)65-48-54(41-45-71(65)73)74-67-37-18-15-34-61(67)64-47-52(40-44-70(64)74)59-32-13-17-36-66(59)75-69-39-20-14-33-60(69)63-43-42-58(49-72(63)75)76(55-26-7-2-8-27-55,56-28-9-3-10-29-56)57-30-11-4-12-31-57/h1-49H/i1D,2D,3D,4D,5D,6D,7D,8D,9D,10D,11D,12D,13D,14D,15D,16D,17D,18D,19D,20D,21D,22D,23D,24D,25D,26D,27D,28D,29D,30D,31D,32D,33D,34D,35D,36D,37D,38D,39D,40D,41D,42D,43D,44D,45D,46D,47D,48D,49D. The number of aromatic nitrogens is 3. The fourth-order valence-electron chi connectivity index (χ4n) is 9.29. The molecule has 15 aromatic rings. The molecule has 0 amide bonds. The smallest absolute Gasteiger partial charge is 0.179 e. The molecule has 0 unspecified atom stereocenters. The Morgan fingerprint density at radius 3 is 1.30 bits per heavy atom. The first-order valence-electron chi connectivity index (χ1n) is 46.8. The SMILES string of the molecule is [2H]c1c([2H])c([2H])c(-c2c([2H])c([2H])c([2H])c(-n3c4c([2H])c([2H])c([2H])c([2H])c4c4c([2H])c(-n5c6c([2H])c([2H])c([2H])c([2H])c6c6c([2H])c(-c7c([2H])c([2H])c([2H])c([2H])c7-n7c8c([2H])c([2H])c([2H])c([2H])c8c8c([2H])c([2H])c([Si](c9c([2H])c([2H])c([2H])c([2H])c9[2H])(c9c([2H])c([2H])c([2H])c([2H])c9[2H])c9c([2H])c([2H])c([2H])c([2H])c9[2H])c([2H])c87)c([2H])c([2H])c65)c([2H])c([2H])c43)c2[2H])c([2H])c1[2H]. The zero-order valence-corrected chi connectivity index (χ0v) is 38.8. The molecule has 12 aromatic carbocycles. The molecule has 0 saturated carbocycles. The van der Waals surface area contributed by atoms with Crippen LogP contribution in [-0.2, 0) is 0 Å². The van der Waals surface area contributed by atoms with E-state index in [-0.39, 0.29) is 0 Å². The summed E-state index contributed by atoms with van der Waals surface area (Å²) in [6.45, 7) is 0. The van der Waals surface area contributed by atoms with Gasteiger partial charge in [0.05, 0.1) is 106 Å². The highest BCUT2D eigenvalue weighted by molar-refractivity contribution is 7.20. The summed E-state index contributed by atoms with van der Waals surface area (Å²) in [5.74, 6) is 0. The summed E-state index contributed by atoms with van der Waals surface area (Å²) >= 11 is 0. The van der Waals surface area contributed by atoms with Crippen LogP contribution in [0.5, 0.6) is 0 Å². The second-order valence-electron chi connectivity index (χ2n) is 16.3. The predicted molar refractivity (Wildman–Crippen MR) is 324 cm³/mol. The van der Waals surface area contributed by atoms with Crippen LogP contribution in [0, 0.1) is 0 Å². The van der Waals surface area contributed by atoms with Crippen LogP contribution in [0.1, 0.15) is 67.2 Å². The van der Waals surface area contributed by atoms with Gasteiger partial charge in [0.25, 0.3) is 0 Å². The van der Waals surface area contributed by atoms with E-state index < -0.39 is 430 Å². The van der Waals surface area contributed by atoms with Gasteiger partial charge in [-0.1, -0.05) is 224 Å². The number of rotatable bonds is 9. The first-order chi connectivity index (χ1) is 58.1. The summed E-state index contributed by atoms with van der Waals surface area (Å²) in [6.07, 6.45) is 0. The molecule has 3 nitrogen and oxygen atoms in total. The molecule has 0 aliphatic rings. The van der Waals surface area contributed by atoms with Gasteiger partial charge in [0.15, 0.2) is 8.07 Å². The van der Waals surface area contributed by atoms with E-state index in [0.29, 0.717) is 13.7 Å². The van der Waals surface area contributed by atoms with Crippen molar-refractivity contribution in [2.75, 3.05) is 0 Å². The van der Waals surface area contributed by atoms with Crippen LogP contribution in [0.4, 0.5) is 0 Å². The van der Waals surface area contributed by atoms with Crippen molar-refractivity contribution < 1.29 is 67.2 Å². The third-order valence-electron chi connectivity index (χ3n) is 12.4. The van der Waals surface area contributed by atoms with Gasteiger partial charge in [-0.2, -0.15) is 0 Å². The quantitative estimate of drug-likeness (QED) is 0.101. The second kappa shape index (κ2) is 17.7. The van der Waals surface area contributed by atoms with Crippen molar-refractivity contribution in [1.29, 1.82) is 0 Å². The molecule has 0 fully saturated rings. The molecule has 4 heteroatoms. The Morgan fingerprint density at radius 1 is 0.237 bits per heavy atom. The molecule has 0 aliphatic heterocycles. The van der Waals surface area contributed by atoms with Gasteiger partial charge in [-0.3, -0.25) is 0 Å². The minimum atomic E-state index is -6.83. The van der Waals surface area contributed by atoms with Crippen molar-refractivity contribution in [1.82, 2.24) is 13.7 Å². The maximum atomic E-state index is 11.0. The number of hydrogen-bond donors (Lipinski definition) is 0. The topological polar surface area (TPSA) is 14.8 Å². The second-order valence-corrected chi connectivity index (χ2v) is 19.8. The van der Waals surface area contributed by atoms with Crippen LogP contribution < -0.4 is 20.7 Å². The monoisotopic (exact) mass is 1030 g/mol. The highest BCUT2D eigenvalue weighted by Gasteiger charge is 2.41. The lowest BCUT2D eigenvalue weighted by molar-refractivity contribution is 1.16. The van der Waals surface area contributed by atoms with Crippen molar-refractivity contribution in [2.24, 2.45) is 0 Å². The summed E-state index contributed by atoms with van der Waals surface area (Å²) < 4.78 is 466. The number of para-hydroxylation sites is 4. The Labute approximate surface area is 510 Å². The Hall–Kier alpha value is -9.74. The zero-order chi connectivity index (χ0) is 92.8. The summed E-state index contributed by atoms with van der Waals surface area (Å²) in [6, 6.07) is -62.2. The summed E-state index contributed by atoms with van der Waals surface area (Å²) in [7, 11) is -6.83. The lowest BCUT2D eigenvalue weighted by atomic mass is 10.0. The Balaban J connectivity index is 1.16. The Morgan fingerprint density at radius 2 is 0.684 bits per heavy atom. The highest BCUT2D eigenvalue weighted by atomic mass is 28.3. The predicted octanol–water partition coefficient (Wildman–Crippen LogP) is 15.7. The van der Waals surface area contributed by atoms with Crippen molar-refractivity contribution in [3.8, 4) is 39.3 Å². The van der Waals surface area contributed by atoms with Gasteiger partial charge in [0, 0.05) is 49.3 Å². The fourth-order valence-corrected chi connectivity index (χ4v) is 12.8. The summed E-state index contributed by atoms with van der Waals surface area (Å²) in [4.78, 5) is 0. The van der Waals surface area contributed by atoms with Gasteiger partial charge in [-0.25, -0.2) is 0 Å². The first-order valence-corrected chi connectivity index (χ1v) is 24.3. The van der Waals surface area contributed by atoms with Gasteiger partial charge >= 0.3 is 0 Å². The molecule has 76 heavy (non-hydrogen) atoms. The average molecular weight is 1030 g/mol. The zero-order valence-electron chi connectivity index (χ0n) is 86.8. The average Bonchev–Trinajstić information content (AvgIpc) is 1.67. The van der Waals surface area contributed by atoms with Gasteiger partial charge in [-0.15, -0.1) is 0 Å². The normalized spacial score (nSPS) is 21.0. The number of benzene rings is 12. The molecule has 3 heterocycles. The van der Waals surface area contributed by atoms with Crippen LogP contribution in [-0.4, -0.2) is 21.8 Å². The maximum Gasteiger partial charge on any atom is 0.179 e. The van der Waals surface area contributed by atoms with Crippen LogP contribution in [0.25, 0.3) is 105 Å². The van der Waals surface area contributed by atoms with Gasteiger partial charge in [-0.05, 0) is 110 Å². The van der Waals surface area contributed by atoms with Crippen molar-refractivity contribution >= 4 is 94.2 Å². The van der Waals surface area contributed by atoms with E-state index in [1.807, 2.05) is 0 Å². The minimum Gasteiger partial charge on any atom is -0.309 e. The van der Waals surface area contributed by atoms with E-state index >= 15 is 0 Å². The van der Waals surface area contributed by atoms with E-state index in [4.69, 9.17) is 28.8 Å². The van der Waals surface area contributed by atoms with Crippen molar-refractivity contribution in [3.05, 3.63) is 296 Å². The number of hydrogen-bond acceptors (Lipinski definition) is 0. The molecule has 0 atom stereocenters. The minimum absolute atomic E-state index is 0.386.